The Labute approximate surface area is 241 Å². The van der Waals surface area contributed by atoms with Gasteiger partial charge in [0.05, 0.1) is 11.0 Å². The predicted octanol–water partition coefficient (Wildman–Crippen LogP) is 11.2. The van der Waals surface area contributed by atoms with Crippen molar-refractivity contribution in [2.75, 3.05) is 4.90 Å². The molecule has 0 aliphatic carbocycles. The lowest BCUT2D eigenvalue weighted by Gasteiger charge is -2.26. The summed E-state index contributed by atoms with van der Waals surface area (Å²) in [6.07, 6.45) is 0. The standard InChI is InChI=1S/C38H24N2S/c1-2-10-29(11-3-1)39(32-15-13-25-7-4-5-8-27(25)23-32)30-16-18-31(19-17-30)40-34-12-6-9-26-14-20-33-37(36(26)34)35(40)24-28-21-22-41-38(28)33/h1-24H. The van der Waals surface area contributed by atoms with Crippen molar-refractivity contribution < 1.29 is 0 Å². The van der Waals surface area contributed by atoms with Crippen LogP contribution < -0.4 is 4.90 Å². The third kappa shape index (κ3) is 3.36. The number of fused-ring (bicyclic) bond motifs is 3. The van der Waals surface area contributed by atoms with E-state index in [-0.39, 0.29) is 0 Å². The zero-order valence-electron chi connectivity index (χ0n) is 22.2. The molecule has 0 aliphatic rings. The molecule has 2 nitrogen and oxygen atoms in total. The summed E-state index contributed by atoms with van der Waals surface area (Å²) < 4.78 is 3.81. The highest BCUT2D eigenvalue weighted by atomic mass is 32.1. The van der Waals surface area contributed by atoms with E-state index in [0.29, 0.717) is 0 Å². The van der Waals surface area contributed by atoms with Crippen LogP contribution in [-0.2, 0) is 0 Å². The number of para-hydroxylation sites is 1. The number of anilines is 3. The molecule has 0 bridgehead atoms. The van der Waals surface area contributed by atoms with Gasteiger partial charge >= 0.3 is 0 Å². The van der Waals surface area contributed by atoms with Gasteiger partial charge in [-0.2, -0.15) is 0 Å². The summed E-state index contributed by atoms with van der Waals surface area (Å²) in [6, 6.07) is 50.8. The van der Waals surface area contributed by atoms with Gasteiger partial charge in [0.15, 0.2) is 0 Å². The average molecular weight is 541 g/mol. The van der Waals surface area contributed by atoms with E-state index in [2.05, 4.69) is 154 Å². The van der Waals surface area contributed by atoms with Gasteiger partial charge < -0.3 is 9.47 Å². The van der Waals surface area contributed by atoms with Crippen LogP contribution in [0.15, 0.2) is 145 Å². The molecule has 192 valence electrons. The van der Waals surface area contributed by atoms with Crippen molar-refractivity contribution in [3.8, 4) is 5.69 Å². The Kier molecular flexibility index (Phi) is 4.80. The minimum absolute atomic E-state index is 1.13. The highest BCUT2D eigenvalue weighted by molar-refractivity contribution is 7.18. The first-order chi connectivity index (χ1) is 20.3. The molecule has 0 saturated heterocycles. The van der Waals surface area contributed by atoms with E-state index >= 15 is 0 Å². The van der Waals surface area contributed by atoms with E-state index in [1.165, 1.54) is 59.1 Å². The molecule has 0 aliphatic heterocycles. The van der Waals surface area contributed by atoms with Crippen molar-refractivity contribution in [1.29, 1.82) is 0 Å². The summed E-state index contributed by atoms with van der Waals surface area (Å²) in [4.78, 5) is 2.34. The van der Waals surface area contributed by atoms with Gasteiger partial charge in [-0.1, -0.05) is 72.8 Å². The second-order valence-corrected chi connectivity index (χ2v) is 11.6. The normalized spacial score (nSPS) is 11.9. The average Bonchev–Trinajstić information content (AvgIpc) is 3.64. The lowest BCUT2D eigenvalue weighted by molar-refractivity contribution is 1.18. The SMILES string of the molecule is c1ccc(N(c2ccc(-n3c4cccc5ccc6c7sccc7cc3c6c54)cc2)c2ccc3ccccc3c2)cc1. The third-order valence-electron chi connectivity index (χ3n) is 8.37. The van der Waals surface area contributed by atoms with Gasteiger partial charge in [-0.05, 0) is 93.7 Å². The Hall–Kier alpha value is -5.12. The highest BCUT2D eigenvalue weighted by Gasteiger charge is 2.19. The quantitative estimate of drug-likeness (QED) is 0.202. The first-order valence-corrected chi connectivity index (χ1v) is 14.8. The number of thiophene rings is 1. The lowest BCUT2D eigenvalue weighted by atomic mass is 10.0. The van der Waals surface area contributed by atoms with Gasteiger partial charge in [-0.3, -0.25) is 0 Å². The first kappa shape index (κ1) is 22.7. The van der Waals surface area contributed by atoms with Crippen LogP contribution >= 0.6 is 11.3 Å². The van der Waals surface area contributed by atoms with Crippen molar-refractivity contribution in [2.24, 2.45) is 0 Å². The molecular weight excluding hydrogens is 516 g/mol. The molecule has 0 unspecified atom stereocenters. The Morgan fingerprint density at radius 3 is 2.07 bits per heavy atom. The minimum atomic E-state index is 1.13. The summed E-state index contributed by atoms with van der Waals surface area (Å²) in [7, 11) is 0. The number of aromatic nitrogens is 1. The fourth-order valence-electron chi connectivity index (χ4n) is 6.55. The Bertz CT molecular complexity index is 2360. The van der Waals surface area contributed by atoms with Crippen molar-refractivity contribution in [2.45, 2.75) is 0 Å². The number of nitrogens with zero attached hydrogens (tertiary/aromatic N) is 2. The largest absolute Gasteiger partial charge is 0.310 e. The molecule has 0 fully saturated rings. The third-order valence-corrected chi connectivity index (χ3v) is 9.33. The molecule has 0 spiro atoms. The zero-order chi connectivity index (χ0) is 26.9. The van der Waals surface area contributed by atoms with Gasteiger partial charge in [-0.15, -0.1) is 11.3 Å². The van der Waals surface area contributed by atoms with E-state index in [1.54, 1.807) is 0 Å². The Morgan fingerprint density at radius 1 is 0.463 bits per heavy atom. The zero-order valence-corrected chi connectivity index (χ0v) is 23.0. The van der Waals surface area contributed by atoms with Crippen molar-refractivity contribution in [3.63, 3.8) is 0 Å². The maximum absolute atomic E-state index is 2.44. The van der Waals surface area contributed by atoms with Crippen molar-refractivity contribution >= 4 is 81.8 Å². The monoisotopic (exact) mass is 540 g/mol. The first-order valence-electron chi connectivity index (χ1n) is 13.9. The second kappa shape index (κ2) is 8.69. The second-order valence-electron chi connectivity index (χ2n) is 10.7. The van der Waals surface area contributed by atoms with E-state index in [1.807, 2.05) is 11.3 Å². The van der Waals surface area contributed by atoms with Crippen LogP contribution in [0.4, 0.5) is 17.1 Å². The van der Waals surface area contributed by atoms with Crippen LogP contribution in [0.5, 0.6) is 0 Å². The van der Waals surface area contributed by atoms with E-state index in [9.17, 15) is 0 Å². The molecule has 7 aromatic carbocycles. The van der Waals surface area contributed by atoms with Crippen LogP contribution in [0, 0.1) is 0 Å². The van der Waals surface area contributed by atoms with Crippen LogP contribution in [0.25, 0.3) is 59.1 Å². The van der Waals surface area contributed by atoms with E-state index < -0.39 is 0 Å². The number of hydrogen-bond acceptors (Lipinski definition) is 2. The Balaban J connectivity index is 1.25. The molecular formula is C38H24N2S. The molecule has 0 N–H and O–H groups in total. The number of hydrogen-bond donors (Lipinski definition) is 0. The van der Waals surface area contributed by atoms with Crippen LogP contribution in [-0.4, -0.2) is 4.57 Å². The summed E-state index contributed by atoms with van der Waals surface area (Å²) >= 11 is 1.83. The highest BCUT2D eigenvalue weighted by Crippen LogP contribution is 2.44. The van der Waals surface area contributed by atoms with E-state index in [4.69, 9.17) is 0 Å². The summed E-state index contributed by atoms with van der Waals surface area (Å²) in [5.41, 5.74) is 7.09. The van der Waals surface area contributed by atoms with Gasteiger partial charge in [0, 0.05) is 43.6 Å². The molecule has 0 saturated carbocycles. The number of rotatable bonds is 4. The molecule has 2 aromatic heterocycles. The van der Waals surface area contributed by atoms with Crippen molar-refractivity contribution in [1.82, 2.24) is 4.57 Å². The maximum atomic E-state index is 2.44. The minimum Gasteiger partial charge on any atom is -0.310 e. The summed E-state index contributed by atoms with van der Waals surface area (Å²) in [5, 5.41) is 11.3. The fraction of sp³-hybridized carbons (Fsp3) is 0. The lowest BCUT2D eigenvalue weighted by Crippen LogP contribution is -2.10. The van der Waals surface area contributed by atoms with E-state index in [0.717, 1.165) is 17.1 Å². The van der Waals surface area contributed by atoms with Crippen LogP contribution in [0.2, 0.25) is 0 Å². The van der Waals surface area contributed by atoms with Crippen LogP contribution in [0.3, 0.4) is 0 Å². The van der Waals surface area contributed by atoms with Crippen molar-refractivity contribution in [3.05, 3.63) is 145 Å². The molecule has 3 heteroatoms. The molecule has 9 aromatic rings. The topological polar surface area (TPSA) is 8.17 Å². The molecule has 41 heavy (non-hydrogen) atoms. The molecule has 0 amide bonds. The van der Waals surface area contributed by atoms with Gasteiger partial charge in [0.1, 0.15) is 0 Å². The molecule has 0 atom stereocenters. The smallest absolute Gasteiger partial charge is 0.0554 e. The Morgan fingerprint density at radius 2 is 1.20 bits per heavy atom. The predicted molar refractivity (Wildman–Crippen MR) is 177 cm³/mol. The molecule has 0 radical (unpaired) electrons. The van der Waals surface area contributed by atoms with Gasteiger partial charge in [0.25, 0.3) is 0 Å². The summed E-state index contributed by atoms with van der Waals surface area (Å²) in [5.74, 6) is 0. The molecule has 9 rings (SSSR count). The van der Waals surface area contributed by atoms with Crippen LogP contribution in [0.1, 0.15) is 0 Å². The van der Waals surface area contributed by atoms with Gasteiger partial charge in [0.2, 0.25) is 0 Å². The fourth-order valence-corrected chi connectivity index (χ4v) is 7.46. The van der Waals surface area contributed by atoms with Gasteiger partial charge in [-0.25, -0.2) is 0 Å². The number of benzene rings is 7. The molecule has 2 heterocycles. The maximum Gasteiger partial charge on any atom is 0.0554 e. The summed E-state index contributed by atoms with van der Waals surface area (Å²) in [6.45, 7) is 0.